The molecule has 0 fully saturated rings. The van der Waals surface area contributed by atoms with Crippen molar-refractivity contribution in [1.82, 2.24) is 9.78 Å². The maximum absolute atomic E-state index is 12.4. The highest BCUT2D eigenvalue weighted by atomic mass is 16.5. The lowest BCUT2D eigenvalue weighted by atomic mass is 10.0. The van der Waals surface area contributed by atoms with Gasteiger partial charge in [-0.25, -0.2) is 9.48 Å². The molecular weight excluding hydrogens is 332 g/mol. The zero-order chi connectivity index (χ0) is 18.7. The first kappa shape index (κ1) is 17.7. The number of aromatic nitrogens is 2. The monoisotopic (exact) mass is 352 g/mol. The summed E-state index contributed by atoms with van der Waals surface area (Å²) in [6.45, 7) is 3.80. The van der Waals surface area contributed by atoms with E-state index in [0.29, 0.717) is 12.2 Å². The first-order valence-electron chi connectivity index (χ1n) is 8.43. The zero-order valence-electron chi connectivity index (χ0n) is 14.6. The SMILES string of the molecule is CC(C)CC(C(=O)O)n1ncc(Oc2cccc3ccccc23)cc1=O. The zero-order valence-corrected chi connectivity index (χ0v) is 14.6. The summed E-state index contributed by atoms with van der Waals surface area (Å²) in [6.07, 6.45) is 1.70. The van der Waals surface area contributed by atoms with Gasteiger partial charge >= 0.3 is 5.97 Å². The molecule has 0 aliphatic heterocycles. The van der Waals surface area contributed by atoms with Gasteiger partial charge < -0.3 is 9.84 Å². The molecule has 2 aromatic carbocycles. The molecule has 134 valence electrons. The molecule has 0 radical (unpaired) electrons. The summed E-state index contributed by atoms with van der Waals surface area (Å²) in [5.74, 6) is -0.0669. The fourth-order valence-electron chi connectivity index (χ4n) is 2.85. The van der Waals surface area contributed by atoms with E-state index < -0.39 is 17.6 Å². The second-order valence-corrected chi connectivity index (χ2v) is 6.54. The first-order valence-corrected chi connectivity index (χ1v) is 8.43. The highest BCUT2D eigenvalue weighted by Gasteiger charge is 2.23. The van der Waals surface area contributed by atoms with Gasteiger partial charge in [0.05, 0.1) is 6.20 Å². The Labute approximate surface area is 150 Å². The van der Waals surface area contributed by atoms with Gasteiger partial charge in [-0.2, -0.15) is 5.10 Å². The van der Waals surface area contributed by atoms with Crippen LogP contribution in [0.3, 0.4) is 0 Å². The van der Waals surface area contributed by atoms with Crippen molar-refractivity contribution in [1.29, 1.82) is 0 Å². The third-order valence-electron chi connectivity index (χ3n) is 4.05. The Morgan fingerprint density at radius 3 is 2.62 bits per heavy atom. The third-order valence-corrected chi connectivity index (χ3v) is 4.05. The van der Waals surface area contributed by atoms with Crippen LogP contribution in [0.25, 0.3) is 10.8 Å². The summed E-state index contributed by atoms with van der Waals surface area (Å²) in [7, 11) is 0. The molecule has 1 unspecified atom stereocenters. The Morgan fingerprint density at radius 2 is 1.92 bits per heavy atom. The van der Waals surface area contributed by atoms with E-state index in [0.717, 1.165) is 15.5 Å². The van der Waals surface area contributed by atoms with Gasteiger partial charge in [0.1, 0.15) is 5.75 Å². The topological polar surface area (TPSA) is 81.4 Å². The molecule has 1 N–H and O–H groups in total. The molecule has 1 atom stereocenters. The molecule has 0 spiro atoms. The highest BCUT2D eigenvalue weighted by molar-refractivity contribution is 5.88. The van der Waals surface area contributed by atoms with Crippen molar-refractivity contribution in [3.8, 4) is 11.5 Å². The molecule has 1 aromatic heterocycles. The van der Waals surface area contributed by atoms with Crippen LogP contribution in [0, 0.1) is 5.92 Å². The van der Waals surface area contributed by atoms with E-state index in [9.17, 15) is 14.7 Å². The molecule has 0 saturated carbocycles. The summed E-state index contributed by atoms with van der Waals surface area (Å²) >= 11 is 0. The van der Waals surface area contributed by atoms with Gasteiger partial charge in [-0.3, -0.25) is 4.79 Å². The Hall–Kier alpha value is -3.15. The number of hydrogen-bond acceptors (Lipinski definition) is 4. The number of fused-ring (bicyclic) bond motifs is 1. The second-order valence-electron chi connectivity index (χ2n) is 6.54. The van der Waals surface area contributed by atoms with Gasteiger partial charge in [0.15, 0.2) is 11.8 Å². The lowest BCUT2D eigenvalue weighted by Gasteiger charge is -2.16. The molecular formula is C20H20N2O4. The van der Waals surface area contributed by atoms with Crippen molar-refractivity contribution in [2.24, 2.45) is 5.92 Å². The molecule has 6 heteroatoms. The molecule has 0 amide bonds. The number of rotatable bonds is 6. The molecule has 26 heavy (non-hydrogen) atoms. The minimum Gasteiger partial charge on any atom is -0.480 e. The van der Waals surface area contributed by atoms with Crippen LogP contribution < -0.4 is 10.3 Å². The summed E-state index contributed by atoms with van der Waals surface area (Å²) in [6, 6.07) is 13.7. The van der Waals surface area contributed by atoms with Crippen LogP contribution in [0.1, 0.15) is 26.3 Å². The summed E-state index contributed by atoms with van der Waals surface area (Å²) in [5, 5.41) is 15.4. The van der Waals surface area contributed by atoms with E-state index in [4.69, 9.17) is 4.74 Å². The Balaban J connectivity index is 1.92. The number of carboxylic acid groups (broad SMARTS) is 1. The molecule has 0 aliphatic rings. The largest absolute Gasteiger partial charge is 0.480 e. The summed E-state index contributed by atoms with van der Waals surface area (Å²) in [4.78, 5) is 23.9. The standard InChI is InChI=1S/C20H20N2O4/c1-13(2)10-17(20(24)25)22-19(23)11-15(12-21-22)26-18-9-5-7-14-6-3-4-8-16(14)18/h3-9,11-13,17H,10H2,1-2H3,(H,24,25). The van der Waals surface area contributed by atoms with Gasteiger partial charge in [-0.1, -0.05) is 50.2 Å². The fourth-order valence-corrected chi connectivity index (χ4v) is 2.85. The minimum atomic E-state index is -1.07. The van der Waals surface area contributed by atoms with Gasteiger partial charge in [0, 0.05) is 11.5 Å². The predicted octanol–water partition coefficient (Wildman–Crippen LogP) is 3.86. The number of nitrogens with zero attached hydrogens (tertiary/aromatic N) is 2. The third kappa shape index (κ3) is 3.74. The molecule has 1 heterocycles. The van der Waals surface area contributed by atoms with Crippen molar-refractivity contribution < 1.29 is 14.6 Å². The van der Waals surface area contributed by atoms with Crippen LogP contribution in [0.4, 0.5) is 0 Å². The van der Waals surface area contributed by atoms with E-state index in [-0.39, 0.29) is 11.7 Å². The maximum atomic E-state index is 12.4. The van der Waals surface area contributed by atoms with Gasteiger partial charge in [0.25, 0.3) is 5.56 Å². The average molecular weight is 352 g/mol. The maximum Gasteiger partial charge on any atom is 0.328 e. The molecule has 0 aliphatic carbocycles. The van der Waals surface area contributed by atoms with E-state index in [1.165, 1.54) is 12.3 Å². The lowest BCUT2D eigenvalue weighted by molar-refractivity contribution is -0.141. The Bertz CT molecular complexity index is 989. The van der Waals surface area contributed by atoms with Crippen molar-refractivity contribution >= 4 is 16.7 Å². The number of ether oxygens (including phenoxy) is 1. The Kier molecular flexibility index (Phi) is 5.02. The van der Waals surface area contributed by atoms with Gasteiger partial charge in [-0.05, 0) is 23.8 Å². The molecule has 0 bridgehead atoms. The number of benzene rings is 2. The molecule has 6 nitrogen and oxygen atoms in total. The van der Waals surface area contributed by atoms with Crippen LogP contribution >= 0.6 is 0 Å². The van der Waals surface area contributed by atoms with Crippen LogP contribution in [0.2, 0.25) is 0 Å². The predicted molar refractivity (Wildman–Crippen MR) is 98.6 cm³/mol. The molecule has 3 aromatic rings. The quantitative estimate of drug-likeness (QED) is 0.728. The molecule has 3 rings (SSSR count). The summed E-state index contributed by atoms with van der Waals surface area (Å²) in [5.41, 5.74) is -0.504. The number of hydrogen-bond donors (Lipinski definition) is 1. The summed E-state index contributed by atoms with van der Waals surface area (Å²) < 4.78 is 6.82. The average Bonchev–Trinajstić information content (AvgIpc) is 2.60. The Morgan fingerprint density at radius 1 is 1.19 bits per heavy atom. The van der Waals surface area contributed by atoms with Gasteiger partial charge in [0.2, 0.25) is 0 Å². The smallest absolute Gasteiger partial charge is 0.328 e. The van der Waals surface area contributed by atoms with Crippen LogP contribution in [-0.2, 0) is 4.79 Å². The van der Waals surface area contributed by atoms with Gasteiger partial charge in [-0.15, -0.1) is 0 Å². The van der Waals surface area contributed by atoms with Crippen LogP contribution in [0.5, 0.6) is 11.5 Å². The van der Waals surface area contributed by atoms with E-state index in [1.807, 2.05) is 56.3 Å². The van der Waals surface area contributed by atoms with E-state index in [1.54, 1.807) is 0 Å². The van der Waals surface area contributed by atoms with Crippen molar-refractivity contribution in [3.05, 3.63) is 65.1 Å². The first-order chi connectivity index (χ1) is 12.5. The number of aliphatic carboxylic acids is 1. The fraction of sp³-hybridized carbons (Fsp3) is 0.250. The lowest BCUT2D eigenvalue weighted by Crippen LogP contribution is -2.32. The molecule has 0 saturated heterocycles. The van der Waals surface area contributed by atoms with E-state index in [2.05, 4.69) is 5.10 Å². The second kappa shape index (κ2) is 7.39. The van der Waals surface area contributed by atoms with Crippen LogP contribution in [-0.4, -0.2) is 20.9 Å². The van der Waals surface area contributed by atoms with Crippen molar-refractivity contribution in [2.75, 3.05) is 0 Å². The highest BCUT2D eigenvalue weighted by Crippen LogP contribution is 2.29. The van der Waals surface area contributed by atoms with Crippen LogP contribution in [0.15, 0.2) is 59.5 Å². The van der Waals surface area contributed by atoms with E-state index >= 15 is 0 Å². The normalized spacial score (nSPS) is 12.3. The number of carboxylic acids is 1. The van der Waals surface area contributed by atoms with Crippen molar-refractivity contribution in [2.45, 2.75) is 26.3 Å². The van der Waals surface area contributed by atoms with Crippen molar-refractivity contribution in [3.63, 3.8) is 0 Å². The minimum absolute atomic E-state index is 0.122. The number of carbonyl (C=O) groups is 1.